The van der Waals surface area contributed by atoms with E-state index in [9.17, 15) is 9.59 Å². The quantitative estimate of drug-likeness (QED) is 0.718. The number of aryl methyl sites for hydroxylation is 1. The molecule has 1 amide bonds. The standard InChI is InChI=1S/C20H19N3O3/c1-14-6-5-7-15(12-14)19(24)22(16-10-11-16)13-18-20(25)26-21-23(18)17-8-3-2-4-9-17/h2-9,12,16H,10-11,13H2,1H3/p+1. The van der Waals surface area contributed by atoms with Crippen LogP contribution in [0.15, 0.2) is 63.9 Å². The van der Waals surface area contributed by atoms with E-state index in [4.69, 9.17) is 4.52 Å². The molecule has 26 heavy (non-hydrogen) atoms. The molecule has 1 aromatic heterocycles. The predicted molar refractivity (Wildman–Crippen MR) is 94.9 cm³/mol. The van der Waals surface area contributed by atoms with E-state index in [1.807, 2.05) is 61.5 Å². The first-order chi connectivity index (χ1) is 12.6. The second kappa shape index (κ2) is 6.63. The maximum atomic E-state index is 13.0. The fourth-order valence-corrected chi connectivity index (χ4v) is 3.07. The summed E-state index contributed by atoms with van der Waals surface area (Å²) in [7, 11) is 0. The molecule has 0 spiro atoms. The van der Waals surface area contributed by atoms with E-state index in [2.05, 4.69) is 5.27 Å². The number of para-hydroxylation sites is 1. The molecule has 6 nitrogen and oxygen atoms in total. The summed E-state index contributed by atoms with van der Waals surface area (Å²) in [5.41, 5.74) is 2.41. The van der Waals surface area contributed by atoms with E-state index < -0.39 is 5.63 Å². The maximum Gasteiger partial charge on any atom is 0.432 e. The number of carbonyl (C=O) groups is 1. The fraction of sp³-hybridized carbons (Fsp3) is 0.250. The smallest absolute Gasteiger partial charge is 0.325 e. The minimum atomic E-state index is -0.462. The van der Waals surface area contributed by atoms with Crippen molar-refractivity contribution in [2.75, 3.05) is 0 Å². The molecule has 1 aliphatic carbocycles. The Hall–Kier alpha value is -3.15. The summed E-state index contributed by atoms with van der Waals surface area (Å²) in [6.45, 7) is 2.17. The Morgan fingerprint density at radius 1 is 1.19 bits per heavy atom. The zero-order valence-corrected chi connectivity index (χ0v) is 14.5. The zero-order chi connectivity index (χ0) is 18.1. The van der Waals surface area contributed by atoms with Gasteiger partial charge in [0.05, 0.1) is 0 Å². The second-order valence-corrected chi connectivity index (χ2v) is 6.63. The van der Waals surface area contributed by atoms with E-state index in [0.717, 1.165) is 24.1 Å². The molecule has 6 heteroatoms. The number of hydrogen-bond acceptors (Lipinski definition) is 3. The lowest BCUT2D eigenvalue weighted by Crippen LogP contribution is -2.43. The van der Waals surface area contributed by atoms with E-state index in [-0.39, 0.29) is 18.5 Å². The molecule has 1 fully saturated rings. The van der Waals surface area contributed by atoms with Gasteiger partial charge in [0.2, 0.25) is 5.69 Å². The fourth-order valence-electron chi connectivity index (χ4n) is 3.07. The third kappa shape index (κ3) is 3.18. The summed E-state index contributed by atoms with van der Waals surface area (Å²) < 4.78 is 6.60. The van der Waals surface area contributed by atoms with Gasteiger partial charge in [0, 0.05) is 23.7 Å². The van der Waals surface area contributed by atoms with Crippen molar-refractivity contribution in [1.29, 1.82) is 0 Å². The topological polar surface area (TPSA) is 70.2 Å². The third-order valence-electron chi connectivity index (χ3n) is 4.58. The van der Waals surface area contributed by atoms with E-state index in [1.165, 1.54) is 0 Å². The highest BCUT2D eigenvalue weighted by Gasteiger charge is 2.37. The minimum Gasteiger partial charge on any atom is -0.325 e. The molecule has 0 radical (unpaired) electrons. The molecular formula is C20H20N3O3+. The van der Waals surface area contributed by atoms with Crippen LogP contribution in [0.5, 0.6) is 0 Å². The van der Waals surface area contributed by atoms with Gasteiger partial charge in [-0.25, -0.2) is 4.79 Å². The van der Waals surface area contributed by atoms with E-state index in [1.54, 1.807) is 9.58 Å². The van der Waals surface area contributed by atoms with Crippen LogP contribution >= 0.6 is 0 Å². The first-order valence-corrected chi connectivity index (χ1v) is 8.69. The molecule has 1 heterocycles. The average molecular weight is 350 g/mol. The Morgan fingerprint density at radius 3 is 2.65 bits per heavy atom. The lowest BCUT2D eigenvalue weighted by molar-refractivity contribution is -0.678. The summed E-state index contributed by atoms with van der Waals surface area (Å²) in [5, 5.41) is 2.63. The van der Waals surface area contributed by atoms with Crippen molar-refractivity contribution in [2.24, 2.45) is 0 Å². The molecule has 0 unspecified atom stereocenters. The number of rotatable bonds is 5. The summed E-state index contributed by atoms with van der Waals surface area (Å²) in [4.78, 5) is 27.1. The van der Waals surface area contributed by atoms with Crippen molar-refractivity contribution in [3.05, 3.63) is 81.8 Å². The zero-order valence-electron chi connectivity index (χ0n) is 14.5. The average Bonchev–Trinajstić information content (AvgIpc) is 3.43. The van der Waals surface area contributed by atoms with Crippen LogP contribution in [0.3, 0.4) is 0 Å². The van der Waals surface area contributed by atoms with Crippen molar-refractivity contribution in [1.82, 2.24) is 10.2 Å². The molecule has 3 aromatic rings. The molecule has 0 aliphatic heterocycles. The largest absolute Gasteiger partial charge is 0.432 e. The lowest BCUT2D eigenvalue weighted by atomic mass is 10.1. The van der Waals surface area contributed by atoms with Crippen molar-refractivity contribution < 1.29 is 14.0 Å². The highest BCUT2D eigenvalue weighted by Crippen LogP contribution is 2.29. The third-order valence-corrected chi connectivity index (χ3v) is 4.58. The van der Waals surface area contributed by atoms with Gasteiger partial charge in [0.1, 0.15) is 6.54 Å². The monoisotopic (exact) mass is 350 g/mol. The van der Waals surface area contributed by atoms with Crippen LogP contribution < -0.4 is 10.3 Å². The molecule has 0 saturated heterocycles. The SMILES string of the molecule is Cc1cccc(C(=O)N(Cc2c(=O)o[nH][n+]2-c2ccccc2)C2CC2)c1. The maximum absolute atomic E-state index is 13.0. The van der Waals surface area contributed by atoms with Crippen molar-refractivity contribution >= 4 is 5.91 Å². The Balaban J connectivity index is 1.68. The van der Waals surface area contributed by atoms with Crippen molar-refractivity contribution in [2.45, 2.75) is 32.4 Å². The van der Waals surface area contributed by atoms with Crippen LogP contribution in [0.1, 0.15) is 34.5 Å². The summed E-state index contributed by atoms with van der Waals surface area (Å²) in [6, 6.07) is 17.1. The number of H-pyrrole nitrogens is 1. The van der Waals surface area contributed by atoms with Gasteiger partial charge in [-0.15, -0.1) is 0 Å². The first kappa shape index (κ1) is 16.3. The predicted octanol–water partition coefficient (Wildman–Crippen LogP) is 2.36. The second-order valence-electron chi connectivity index (χ2n) is 6.63. The first-order valence-electron chi connectivity index (χ1n) is 8.69. The molecular weight excluding hydrogens is 330 g/mol. The summed E-state index contributed by atoms with van der Waals surface area (Å²) in [6.07, 6.45) is 1.91. The number of nitrogens with one attached hydrogen (secondary N) is 1. The number of nitrogens with zero attached hydrogens (tertiary/aromatic N) is 2. The van der Waals surface area contributed by atoms with Crippen molar-refractivity contribution in [3.63, 3.8) is 0 Å². The van der Waals surface area contributed by atoms with Gasteiger partial charge >= 0.3 is 11.3 Å². The van der Waals surface area contributed by atoms with Crippen molar-refractivity contribution in [3.8, 4) is 5.69 Å². The van der Waals surface area contributed by atoms with E-state index >= 15 is 0 Å². The molecule has 1 saturated carbocycles. The number of aromatic nitrogens is 2. The number of carbonyl (C=O) groups excluding carboxylic acids is 1. The van der Waals surface area contributed by atoms with Crippen LogP contribution in [0.2, 0.25) is 0 Å². The number of benzene rings is 2. The van der Waals surface area contributed by atoms with Crippen LogP contribution in [-0.2, 0) is 6.54 Å². The van der Waals surface area contributed by atoms with Gasteiger partial charge in [-0.05, 0) is 41.9 Å². The van der Waals surface area contributed by atoms with Gasteiger partial charge in [0.15, 0.2) is 0 Å². The molecule has 0 atom stereocenters. The normalized spacial score (nSPS) is 13.6. The molecule has 132 valence electrons. The summed E-state index contributed by atoms with van der Waals surface area (Å²) in [5.74, 6) is -0.0589. The number of hydrogen-bond donors (Lipinski definition) is 1. The molecule has 4 rings (SSSR count). The Bertz CT molecular complexity index is 987. The minimum absolute atomic E-state index is 0.0589. The molecule has 2 aromatic carbocycles. The Kier molecular flexibility index (Phi) is 4.16. The van der Waals surface area contributed by atoms with Gasteiger partial charge in [-0.2, -0.15) is 0 Å². The lowest BCUT2D eigenvalue weighted by Gasteiger charge is -2.20. The van der Waals surface area contributed by atoms with Gasteiger partial charge in [0.25, 0.3) is 5.91 Å². The van der Waals surface area contributed by atoms with Gasteiger partial charge in [-0.1, -0.05) is 35.9 Å². The number of aromatic amines is 1. The Labute approximate surface area is 150 Å². The van der Waals surface area contributed by atoms with Crippen LogP contribution in [-0.4, -0.2) is 22.1 Å². The van der Waals surface area contributed by atoms with E-state index in [0.29, 0.717) is 11.3 Å². The summed E-state index contributed by atoms with van der Waals surface area (Å²) >= 11 is 0. The van der Waals surface area contributed by atoms with Crippen LogP contribution in [0.4, 0.5) is 0 Å². The Morgan fingerprint density at radius 2 is 1.96 bits per heavy atom. The number of amides is 1. The van der Waals surface area contributed by atoms with Crippen LogP contribution in [0, 0.1) is 6.92 Å². The molecule has 0 bridgehead atoms. The highest BCUT2D eigenvalue weighted by molar-refractivity contribution is 5.94. The molecule has 1 N–H and O–H groups in total. The van der Waals surface area contributed by atoms with Gasteiger partial charge < -0.3 is 4.90 Å². The molecule has 1 aliphatic rings. The van der Waals surface area contributed by atoms with Gasteiger partial charge in [-0.3, -0.25) is 9.32 Å². The van der Waals surface area contributed by atoms with Crippen LogP contribution in [0.25, 0.3) is 5.69 Å². The highest BCUT2D eigenvalue weighted by atomic mass is 16.5.